The lowest BCUT2D eigenvalue weighted by molar-refractivity contribution is -0.129. The lowest BCUT2D eigenvalue weighted by atomic mass is 9.79. The van der Waals surface area contributed by atoms with E-state index in [9.17, 15) is 6.17 Å². The summed E-state index contributed by atoms with van der Waals surface area (Å²) in [5, 5.41) is 0. The molecule has 1 aromatic carbocycles. The number of ketones is 1. The molecule has 2 aliphatic rings. The van der Waals surface area contributed by atoms with E-state index in [0.717, 1.165) is 6.07 Å². The average Bonchev–Trinajstić information content (AvgIpc) is 2.78. The van der Waals surface area contributed by atoms with E-state index >= 15 is 0 Å². The topological polar surface area (TPSA) is 38.8 Å². The van der Waals surface area contributed by atoms with Crippen LogP contribution < -0.4 is 9.47 Å². The molecule has 24 heavy (non-hydrogen) atoms. The summed E-state index contributed by atoms with van der Waals surface area (Å²) in [5.41, 5.74) is -0.756. The van der Waals surface area contributed by atoms with Crippen LogP contribution in [0.5, 0.6) is 11.5 Å². The lowest BCUT2D eigenvalue weighted by Crippen LogP contribution is -2.46. The van der Waals surface area contributed by atoms with Gasteiger partial charge in [-0.25, -0.2) is 0 Å². The zero-order valence-electron chi connectivity index (χ0n) is 32.7. The molecule has 1 aromatic rings. The van der Waals surface area contributed by atoms with Crippen LogP contribution in [0.3, 0.4) is 0 Å². The molecule has 3 unspecified atom stereocenters. The summed E-state index contributed by atoms with van der Waals surface area (Å²) >= 11 is 0. The van der Waals surface area contributed by atoms with Crippen molar-refractivity contribution in [3.63, 3.8) is 0 Å². The maximum Gasteiger partial charge on any atom is 0.161 e. The zero-order valence-corrected chi connectivity index (χ0v) is 12.7. The van der Waals surface area contributed by atoms with Gasteiger partial charge >= 0.3 is 0 Å². The first-order valence-electron chi connectivity index (χ1n) is 17.0. The minimum atomic E-state index is -4.30. The maximum absolute atomic E-state index is 14.0. The molecule has 0 spiro atoms. The lowest BCUT2D eigenvalue weighted by Gasteiger charge is -2.43. The van der Waals surface area contributed by atoms with E-state index < -0.39 is 100 Å². The van der Waals surface area contributed by atoms with Crippen molar-refractivity contribution < 1.29 is 41.7 Å². The van der Waals surface area contributed by atoms with E-state index in [1.54, 1.807) is 0 Å². The highest BCUT2D eigenvalue weighted by atomic mass is 16.5. The number of ether oxygens (including phenoxy) is 2. The summed E-state index contributed by atoms with van der Waals surface area (Å²) in [7, 11) is -6.39. The number of piperidine rings is 1. The average molecular weight is 352 g/mol. The number of fused-ring (bicyclic) bond motifs is 3. The Labute approximate surface area is 173 Å². The molecule has 4 nitrogen and oxygen atoms in total. The number of benzene rings is 1. The summed E-state index contributed by atoms with van der Waals surface area (Å²) in [6.07, 6.45) is -11.9. The molecule has 2 heterocycles. The highest BCUT2D eigenvalue weighted by Gasteiger charge is 2.38. The van der Waals surface area contributed by atoms with Crippen LogP contribution in [-0.4, -0.2) is 37.8 Å². The molecule has 3 atom stereocenters. The second-order valence-corrected chi connectivity index (χ2v) is 5.10. The highest BCUT2D eigenvalue weighted by Crippen LogP contribution is 2.42. The third kappa shape index (κ3) is 3.16. The van der Waals surface area contributed by atoms with Crippen molar-refractivity contribution in [1.29, 1.82) is 0 Å². The van der Waals surface area contributed by atoms with Crippen molar-refractivity contribution in [2.24, 2.45) is 11.8 Å². The van der Waals surface area contributed by atoms with Crippen LogP contribution in [0.2, 0.25) is 0 Å². The first-order valence-corrected chi connectivity index (χ1v) is 7.04. The quantitative estimate of drug-likeness (QED) is 0.812. The van der Waals surface area contributed by atoms with Gasteiger partial charge in [-0.05, 0) is 41.9 Å². The molecule has 0 N–H and O–H groups in total. The first kappa shape index (κ1) is 5.23. The molecule has 0 aliphatic carbocycles. The van der Waals surface area contributed by atoms with E-state index in [2.05, 4.69) is 0 Å². The molecule has 0 saturated carbocycles. The second-order valence-electron chi connectivity index (χ2n) is 5.10. The highest BCUT2D eigenvalue weighted by molar-refractivity contribution is 5.83. The zero-order chi connectivity index (χ0) is 34.7. The first-order chi connectivity index (χ1) is 19.2. The Balaban J connectivity index is 2.40. The van der Waals surface area contributed by atoms with Crippen molar-refractivity contribution in [3.8, 4) is 11.5 Å². The summed E-state index contributed by atoms with van der Waals surface area (Å²) in [5.74, 6) is -12.1. The van der Waals surface area contributed by atoms with Gasteiger partial charge in [0, 0.05) is 49.1 Å². The number of nitrogens with zero attached hydrogens (tertiary/aromatic N) is 1. The number of hydrogen-bond donors (Lipinski definition) is 0. The van der Waals surface area contributed by atoms with E-state index in [1.165, 1.54) is 0 Å². The van der Waals surface area contributed by atoms with E-state index in [0.29, 0.717) is 13.0 Å². The van der Waals surface area contributed by atoms with Crippen molar-refractivity contribution in [3.05, 3.63) is 23.3 Å². The van der Waals surface area contributed by atoms with Crippen LogP contribution >= 0.6 is 0 Å². The largest absolute Gasteiger partial charge is 0.493 e. The molecule has 0 aromatic heterocycles. The van der Waals surface area contributed by atoms with E-state index in [4.69, 9.17) is 35.5 Å². The van der Waals surface area contributed by atoms with Gasteiger partial charge in [-0.1, -0.05) is 20.1 Å². The summed E-state index contributed by atoms with van der Waals surface area (Å²) in [6, 6.07) is -1.68. The van der Waals surface area contributed by atoms with Gasteiger partial charge in [0.25, 0.3) is 0 Å². The fourth-order valence-electron chi connectivity index (χ4n) is 2.55. The molecular formula is C20H29NO3. The minimum absolute atomic E-state index is 0.122. The van der Waals surface area contributed by atoms with Crippen molar-refractivity contribution in [1.82, 2.24) is 4.90 Å². The number of carbonyl (C=O) groups excluding carboxylic acids is 1. The Morgan fingerprint density at radius 2 is 2.29 bits per heavy atom. The molecule has 0 amide bonds. The monoisotopic (exact) mass is 351 g/mol. The van der Waals surface area contributed by atoms with Crippen LogP contribution in [0.1, 0.15) is 77.5 Å². The normalized spacial score (nSPS) is 51.6. The molecule has 4 heteroatoms. The maximum atomic E-state index is 14.0. The molecule has 1 fully saturated rings. The summed E-state index contributed by atoms with van der Waals surface area (Å²) < 4.78 is 172. The van der Waals surface area contributed by atoms with Gasteiger partial charge in [0.1, 0.15) is 5.78 Å². The molecule has 0 radical (unpaired) electrons. The van der Waals surface area contributed by atoms with E-state index in [-0.39, 0.29) is 10.5 Å². The van der Waals surface area contributed by atoms with Crippen LogP contribution in [-0.2, 0) is 11.2 Å². The summed E-state index contributed by atoms with van der Waals surface area (Å²) in [6.45, 7) is -8.03. The fourth-order valence-corrected chi connectivity index (χ4v) is 2.55. The third-order valence-corrected chi connectivity index (χ3v) is 3.73. The number of rotatable bonds is 5. The van der Waals surface area contributed by atoms with Crippen LogP contribution in [0.25, 0.3) is 0 Å². The van der Waals surface area contributed by atoms with Crippen molar-refractivity contribution in [2.45, 2.75) is 45.3 Å². The molecular weight excluding hydrogens is 302 g/mol. The van der Waals surface area contributed by atoms with Gasteiger partial charge in [0.15, 0.2) is 11.5 Å². The Morgan fingerprint density at radius 1 is 1.50 bits per heavy atom. The molecule has 132 valence electrons. The fraction of sp³-hybridized carbons (Fsp3) is 0.650. The number of methoxy groups -OCH3 is 2. The standard InChI is InChI=1S/C20H29NO3/c1-5-13(2)8-15-12-21-7-6-14-9-19(23-3)20(24-4)10-16(14)17(21)11-18(15)22/h9-10,13,15,17H,5-8,11-12H2,1-4H3/i2D3,3D3,4D3,5D2,8D2,11D2,12D2,13D,15D,17D. The van der Waals surface area contributed by atoms with Gasteiger partial charge in [-0.15, -0.1) is 0 Å². The van der Waals surface area contributed by atoms with Gasteiger partial charge in [0.05, 0.1) is 23.7 Å². The van der Waals surface area contributed by atoms with Gasteiger partial charge in [-0.2, -0.15) is 0 Å². The van der Waals surface area contributed by atoms with Crippen LogP contribution in [0.15, 0.2) is 12.1 Å². The number of carbonyl (C=O) groups is 1. The van der Waals surface area contributed by atoms with Crippen LogP contribution in [0, 0.1) is 11.8 Å². The molecule has 2 aliphatic heterocycles. The van der Waals surface area contributed by atoms with Crippen molar-refractivity contribution >= 4 is 5.78 Å². The van der Waals surface area contributed by atoms with E-state index in [1.807, 2.05) is 0 Å². The predicted molar refractivity (Wildman–Crippen MR) is 94.8 cm³/mol. The number of Topliss-reactive ketones (excluding diaryl/α,β-unsaturated/α-hetero) is 1. The molecule has 1 saturated heterocycles. The van der Waals surface area contributed by atoms with Gasteiger partial charge in [0.2, 0.25) is 0 Å². The summed E-state index contributed by atoms with van der Waals surface area (Å²) in [4.78, 5) is 14.2. The predicted octanol–water partition coefficient (Wildman–Crippen LogP) is 3.63. The smallest absolute Gasteiger partial charge is 0.161 e. The molecule has 0 bridgehead atoms. The third-order valence-electron chi connectivity index (χ3n) is 3.73. The Morgan fingerprint density at radius 3 is 3.00 bits per heavy atom. The SMILES string of the molecule is [2H]C([2H])([2H])Oc1cc2c(cc1OC([2H])([2H])[2H])C1([2H])N(CC2)C([2H])([2H])C([2H])(C([2H])([2H])C([2H])(C([2H])([2H])[2H])C([2H])([2H])C)C(=O)C1([2H])[2H]. The number of hydrogen-bond acceptors (Lipinski definition) is 4. The second kappa shape index (κ2) is 7.14. The minimum Gasteiger partial charge on any atom is -0.493 e. The Hall–Kier alpha value is -1.55. The van der Waals surface area contributed by atoms with Gasteiger partial charge in [-0.3, -0.25) is 9.69 Å². The van der Waals surface area contributed by atoms with Crippen molar-refractivity contribution in [2.75, 3.05) is 27.1 Å². The Bertz CT molecular complexity index is 1310. The van der Waals surface area contributed by atoms with Gasteiger partial charge < -0.3 is 9.47 Å². The van der Waals surface area contributed by atoms with Crippen LogP contribution in [0.4, 0.5) is 0 Å². The Kier molecular flexibility index (Phi) is 1.55. The molecule has 3 rings (SSSR count).